The summed E-state index contributed by atoms with van der Waals surface area (Å²) < 4.78 is 0.153. The Labute approximate surface area is 112 Å². The highest BCUT2D eigenvalue weighted by molar-refractivity contribution is 7.99. The maximum absolute atomic E-state index is 11.0. The van der Waals surface area contributed by atoms with E-state index in [-0.39, 0.29) is 10.3 Å². The van der Waals surface area contributed by atoms with Gasteiger partial charge in [-0.15, -0.1) is 11.8 Å². The van der Waals surface area contributed by atoms with Crippen molar-refractivity contribution in [1.82, 2.24) is 9.97 Å². The third kappa shape index (κ3) is 4.64. The predicted octanol–water partition coefficient (Wildman–Crippen LogP) is 3.16. The van der Waals surface area contributed by atoms with Gasteiger partial charge in [-0.2, -0.15) is 0 Å². The number of aryl methyl sites for hydroxylation is 1. The molecule has 0 aliphatic rings. The van der Waals surface area contributed by atoms with Gasteiger partial charge in [-0.1, -0.05) is 34.1 Å². The number of aromatic nitrogens is 2. The van der Waals surface area contributed by atoms with Crippen LogP contribution in [0.5, 0.6) is 0 Å². The Balaban J connectivity index is 2.89. The van der Waals surface area contributed by atoms with Crippen LogP contribution in [0.1, 0.15) is 56.0 Å². The number of thioether (sulfide) groups is 1. The quantitative estimate of drug-likeness (QED) is 0.888. The first-order valence-corrected chi connectivity index (χ1v) is 7.04. The molecular formula is C13H20N2O2S. The highest BCUT2D eigenvalue weighted by Crippen LogP contribution is 2.26. The van der Waals surface area contributed by atoms with Crippen molar-refractivity contribution in [3.8, 4) is 0 Å². The molecule has 0 aromatic carbocycles. The van der Waals surface area contributed by atoms with Crippen LogP contribution in [0.25, 0.3) is 0 Å². The number of hydrogen-bond acceptors (Lipinski definition) is 4. The number of carbonyl (C=O) groups is 1. The van der Waals surface area contributed by atoms with Gasteiger partial charge in [0.15, 0.2) is 0 Å². The van der Waals surface area contributed by atoms with Gasteiger partial charge < -0.3 is 5.11 Å². The van der Waals surface area contributed by atoms with E-state index >= 15 is 0 Å². The number of aromatic carboxylic acids is 1. The Morgan fingerprint density at radius 2 is 2.11 bits per heavy atom. The van der Waals surface area contributed by atoms with Gasteiger partial charge in [0.05, 0.1) is 17.0 Å². The minimum atomic E-state index is -0.950. The molecule has 0 atom stereocenters. The van der Waals surface area contributed by atoms with Crippen LogP contribution >= 0.6 is 11.8 Å². The highest BCUT2D eigenvalue weighted by atomic mass is 32.2. The van der Waals surface area contributed by atoms with Crippen LogP contribution in [0.2, 0.25) is 0 Å². The summed E-state index contributed by atoms with van der Waals surface area (Å²) in [6.45, 7) is 8.42. The molecular weight excluding hydrogens is 248 g/mol. The van der Waals surface area contributed by atoms with Crippen LogP contribution in [-0.2, 0) is 12.2 Å². The van der Waals surface area contributed by atoms with E-state index in [1.165, 1.54) is 6.20 Å². The fourth-order valence-corrected chi connectivity index (χ4v) is 2.12. The summed E-state index contributed by atoms with van der Waals surface area (Å²) in [6.07, 6.45) is 2.99. The largest absolute Gasteiger partial charge is 0.478 e. The first-order chi connectivity index (χ1) is 8.33. The van der Waals surface area contributed by atoms with Crippen LogP contribution < -0.4 is 0 Å². The molecule has 100 valence electrons. The first-order valence-electron chi connectivity index (χ1n) is 6.05. The van der Waals surface area contributed by atoms with Crippen LogP contribution in [0, 0.1) is 0 Å². The number of rotatable bonds is 5. The lowest BCUT2D eigenvalue weighted by molar-refractivity contribution is 0.0694. The van der Waals surface area contributed by atoms with Crippen molar-refractivity contribution >= 4 is 17.7 Å². The molecule has 0 unspecified atom stereocenters. The molecule has 1 aromatic rings. The van der Waals surface area contributed by atoms with E-state index in [0.29, 0.717) is 23.7 Å². The first kappa shape index (κ1) is 15.0. The van der Waals surface area contributed by atoms with Gasteiger partial charge in [-0.25, -0.2) is 14.8 Å². The molecule has 0 saturated heterocycles. The zero-order chi connectivity index (χ0) is 13.8. The Kier molecular flexibility index (Phi) is 5.14. The average molecular weight is 268 g/mol. The lowest BCUT2D eigenvalue weighted by Crippen LogP contribution is -2.11. The number of carboxylic acids is 1. The fourth-order valence-electron chi connectivity index (χ4n) is 1.42. The van der Waals surface area contributed by atoms with E-state index in [1.807, 2.05) is 6.92 Å². The van der Waals surface area contributed by atoms with E-state index in [4.69, 9.17) is 5.11 Å². The lowest BCUT2D eigenvalue weighted by Gasteiger charge is -2.17. The summed E-state index contributed by atoms with van der Waals surface area (Å²) in [5, 5.41) is 9.06. The van der Waals surface area contributed by atoms with Crippen molar-refractivity contribution in [2.75, 3.05) is 0 Å². The normalized spacial score (nSPS) is 11.6. The molecule has 0 saturated carbocycles. The Bertz CT molecular complexity index is 427. The van der Waals surface area contributed by atoms with Crippen molar-refractivity contribution in [2.24, 2.45) is 0 Å². The molecule has 0 amide bonds. The third-order valence-corrected chi connectivity index (χ3v) is 3.54. The summed E-state index contributed by atoms with van der Waals surface area (Å²) in [4.78, 5) is 19.5. The summed E-state index contributed by atoms with van der Waals surface area (Å²) in [5.41, 5.74) is 0.867. The van der Waals surface area contributed by atoms with E-state index in [9.17, 15) is 4.79 Å². The van der Waals surface area contributed by atoms with Gasteiger partial charge >= 0.3 is 5.97 Å². The Hall–Kier alpha value is -1.10. The number of nitrogens with zero attached hydrogens (tertiary/aromatic N) is 2. The van der Waals surface area contributed by atoms with E-state index in [0.717, 1.165) is 6.42 Å². The monoisotopic (exact) mass is 268 g/mol. The van der Waals surface area contributed by atoms with Gasteiger partial charge in [0, 0.05) is 10.9 Å². The minimum Gasteiger partial charge on any atom is -0.478 e. The highest BCUT2D eigenvalue weighted by Gasteiger charge is 2.15. The Morgan fingerprint density at radius 1 is 1.44 bits per heavy atom. The van der Waals surface area contributed by atoms with Gasteiger partial charge in [0.2, 0.25) is 0 Å². The summed E-state index contributed by atoms with van der Waals surface area (Å²) in [6, 6.07) is 0. The second-order valence-electron chi connectivity index (χ2n) is 5.10. The molecule has 1 heterocycles. The second-order valence-corrected chi connectivity index (χ2v) is 6.90. The predicted molar refractivity (Wildman–Crippen MR) is 74.0 cm³/mol. The smallest absolute Gasteiger partial charge is 0.339 e. The molecule has 18 heavy (non-hydrogen) atoms. The molecule has 0 spiro atoms. The van der Waals surface area contributed by atoms with Crippen molar-refractivity contribution < 1.29 is 9.90 Å². The molecule has 0 bridgehead atoms. The molecule has 0 radical (unpaired) electrons. The molecule has 5 heteroatoms. The molecule has 0 aliphatic heterocycles. The molecule has 0 aliphatic carbocycles. The van der Waals surface area contributed by atoms with Crippen molar-refractivity contribution in [3.63, 3.8) is 0 Å². The molecule has 1 rings (SSSR count). The topological polar surface area (TPSA) is 63.1 Å². The van der Waals surface area contributed by atoms with Gasteiger partial charge in [0.1, 0.15) is 5.82 Å². The van der Waals surface area contributed by atoms with Crippen LogP contribution in [0.4, 0.5) is 0 Å². The molecule has 4 nitrogen and oxygen atoms in total. The van der Waals surface area contributed by atoms with Gasteiger partial charge in [-0.05, 0) is 6.42 Å². The van der Waals surface area contributed by atoms with Crippen molar-refractivity contribution in [3.05, 3.63) is 23.3 Å². The van der Waals surface area contributed by atoms with Crippen LogP contribution in [-0.4, -0.2) is 25.8 Å². The summed E-state index contributed by atoms with van der Waals surface area (Å²) >= 11 is 1.76. The van der Waals surface area contributed by atoms with Crippen LogP contribution in [0.15, 0.2) is 6.20 Å². The SMILES string of the molecule is CCCc1nc(CSC(C)(C)C)ncc1C(=O)O. The van der Waals surface area contributed by atoms with E-state index < -0.39 is 5.97 Å². The van der Waals surface area contributed by atoms with E-state index in [2.05, 4.69) is 30.7 Å². The standard InChI is InChI=1S/C13H20N2O2S/c1-5-6-10-9(12(16)17)7-14-11(15-10)8-18-13(2,3)4/h7H,5-6,8H2,1-4H3,(H,16,17). The maximum atomic E-state index is 11.0. The average Bonchev–Trinajstić information content (AvgIpc) is 2.25. The number of hydrogen-bond donors (Lipinski definition) is 1. The maximum Gasteiger partial charge on any atom is 0.339 e. The fraction of sp³-hybridized carbons (Fsp3) is 0.615. The number of carboxylic acid groups (broad SMARTS) is 1. The zero-order valence-electron chi connectivity index (χ0n) is 11.4. The molecule has 1 aromatic heterocycles. The lowest BCUT2D eigenvalue weighted by atomic mass is 10.1. The van der Waals surface area contributed by atoms with Gasteiger partial charge in [0.25, 0.3) is 0 Å². The third-order valence-electron chi connectivity index (χ3n) is 2.27. The molecule has 0 fully saturated rings. The summed E-state index contributed by atoms with van der Waals surface area (Å²) in [7, 11) is 0. The van der Waals surface area contributed by atoms with Gasteiger partial charge in [-0.3, -0.25) is 0 Å². The van der Waals surface area contributed by atoms with Crippen LogP contribution in [0.3, 0.4) is 0 Å². The zero-order valence-corrected chi connectivity index (χ0v) is 12.2. The van der Waals surface area contributed by atoms with E-state index in [1.54, 1.807) is 11.8 Å². The molecule has 1 N–H and O–H groups in total. The minimum absolute atomic E-state index is 0.153. The van der Waals surface area contributed by atoms with Crippen molar-refractivity contribution in [2.45, 2.75) is 51.0 Å². The Morgan fingerprint density at radius 3 is 2.61 bits per heavy atom. The second kappa shape index (κ2) is 6.18. The van der Waals surface area contributed by atoms with Crippen molar-refractivity contribution in [1.29, 1.82) is 0 Å². The summed E-state index contributed by atoms with van der Waals surface area (Å²) in [5.74, 6) is 0.469.